The molecule has 0 heterocycles. The van der Waals surface area contributed by atoms with Gasteiger partial charge in [-0.25, -0.2) is 0 Å². The molecule has 0 aromatic rings. The minimum Gasteiger partial charge on any atom is -0.291 e. The Kier molecular flexibility index (Phi) is 1.53. The van der Waals surface area contributed by atoms with Crippen LogP contribution in [-0.4, -0.2) is 11.6 Å². The van der Waals surface area contributed by atoms with Crippen molar-refractivity contribution in [3.05, 3.63) is 0 Å². The van der Waals surface area contributed by atoms with E-state index < -0.39 is 0 Å². The van der Waals surface area contributed by atoms with Gasteiger partial charge >= 0.3 is 0 Å². The summed E-state index contributed by atoms with van der Waals surface area (Å²) in [6.45, 7) is 6.19. The summed E-state index contributed by atoms with van der Waals surface area (Å²) in [6, 6.07) is 0. The molecule has 0 N–H and O–H groups in total. The number of hydrogen-bond acceptors (Lipinski definition) is 2. The molecule has 13 heavy (non-hydrogen) atoms. The summed E-state index contributed by atoms with van der Waals surface area (Å²) in [5, 5.41) is 0. The third kappa shape index (κ3) is 0.710. The molecule has 0 amide bonds. The molecule has 0 radical (unpaired) electrons. The number of carbonyl (C=O) groups excluding carboxylic acids is 2. The minimum atomic E-state index is -0.311. The zero-order chi connectivity index (χ0) is 9.85. The van der Waals surface area contributed by atoms with Crippen molar-refractivity contribution in [1.82, 2.24) is 0 Å². The molecule has 2 aliphatic carbocycles. The van der Waals surface area contributed by atoms with Crippen LogP contribution < -0.4 is 0 Å². The van der Waals surface area contributed by atoms with Crippen LogP contribution >= 0.6 is 0 Å². The summed E-state index contributed by atoms with van der Waals surface area (Å²) in [5.41, 5.74) is -0.398. The van der Waals surface area contributed by atoms with E-state index in [1.54, 1.807) is 0 Å². The SMILES string of the molecule is CCC12CCC(C(=O)C1=O)C2(C)C. The largest absolute Gasteiger partial charge is 0.291 e. The molecular weight excluding hydrogens is 164 g/mol. The highest BCUT2D eigenvalue weighted by molar-refractivity contribution is 6.43. The van der Waals surface area contributed by atoms with E-state index >= 15 is 0 Å². The lowest BCUT2D eigenvalue weighted by atomic mass is 9.67. The van der Waals surface area contributed by atoms with E-state index in [-0.39, 0.29) is 28.3 Å². The number of carbonyl (C=O) groups is 2. The predicted molar refractivity (Wildman–Crippen MR) is 49.2 cm³/mol. The maximum absolute atomic E-state index is 11.8. The summed E-state index contributed by atoms with van der Waals surface area (Å²) in [6.07, 6.45) is 2.66. The second kappa shape index (κ2) is 2.23. The molecule has 2 unspecified atom stereocenters. The fourth-order valence-electron chi connectivity index (χ4n) is 3.46. The molecule has 2 aliphatic rings. The van der Waals surface area contributed by atoms with Gasteiger partial charge in [0.2, 0.25) is 11.6 Å². The second-order valence-electron chi connectivity index (χ2n) is 4.94. The molecular formula is C11H16O2. The highest BCUT2D eigenvalue weighted by Crippen LogP contribution is 2.63. The first-order valence-electron chi connectivity index (χ1n) is 5.06. The van der Waals surface area contributed by atoms with Crippen molar-refractivity contribution >= 4 is 11.6 Å². The van der Waals surface area contributed by atoms with Crippen LogP contribution in [0.5, 0.6) is 0 Å². The van der Waals surface area contributed by atoms with Gasteiger partial charge in [-0.1, -0.05) is 20.8 Å². The third-order valence-electron chi connectivity index (χ3n) is 4.54. The lowest BCUT2D eigenvalue weighted by Gasteiger charge is -2.34. The average molecular weight is 180 g/mol. The van der Waals surface area contributed by atoms with Crippen molar-refractivity contribution in [3.8, 4) is 0 Å². The zero-order valence-electron chi connectivity index (χ0n) is 8.52. The molecule has 72 valence electrons. The second-order valence-corrected chi connectivity index (χ2v) is 4.94. The van der Waals surface area contributed by atoms with Crippen LogP contribution in [0.25, 0.3) is 0 Å². The molecule has 2 rings (SSSR count). The lowest BCUT2D eigenvalue weighted by Crippen LogP contribution is -2.36. The van der Waals surface area contributed by atoms with Gasteiger partial charge in [-0.2, -0.15) is 0 Å². The van der Waals surface area contributed by atoms with Gasteiger partial charge in [0, 0.05) is 11.3 Å². The van der Waals surface area contributed by atoms with Crippen molar-refractivity contribution < 1.29 is 9.59 Å². The monoisotopic (exact) mass is 180 g/mol. The van der Waals surface area contributed by atoms with E-state index in [1.165, 1.54) is 0 Å². The van der Waals surface area contributed by atoms with Crippen LogP contribution in [-0.2, 0) is 9.59 Å². The van der Waals surface area contributed by atoms with E-state index in [9.17, 15) is 9.59 Å². The molecule has 2 nitrogen and oxygen atoms in total. The molecule has 2 saturated carbocycles. The van der Waals surface area contributed by atoms with Gasteiger partial charge in [-0.15, -0.1) is 0 Å². The Balaban J connectivity index is 2.56. The first-order chi connectivity index (χ1) is 5.97. The number of hydrogen-bond donors (Lipinski definition) is 0. The topological polar surface area (TPSA) is 34.1 Å². The van der Waals surface area contributed by atoms with Crippen molar-refractivity contribution in [2.45, 2.75) is 40.0 Å². The van der Waals surface area contributed by atoms with E-state index in [2.05, 4.69) is 13.8 Å². The normalized spacial score (nSPS) is 41.6. The Labute approximate surface area is 78.7 Å². The molecule has 2 fully saturated rings. The van der Waals surface area contributed by atoms with Crippen LogP contribution in [0.1, 0.15) is 40.0 Å². The van der Waals surface area contributed by atoms with Crippen LogP contribution in [0, 0.1) is 16.7 Å². The summed E-state index contributed by atoms with van der Waals surface area (Å²) < 4.78 is 0. The summed E-state index contributed by atoms with van der Waals surface area (Å²) in [7, 11) is 0. The van der Waals surface area contributed by atoms with Crippen LogP contribution in [0.4, 0.5) is 0 Å². The Morgan fingerprint density at radius 3 is 2.31 bits per heavy atom. The smallest absolute Gasteiger partial charge is 0.205 e. The van der Waals surface area contributed by atoms with Crippen molar-refractivity contribution in [1.29, 1.82) is 0 Å². The van der Waals surface area contributed by atoms with Gasteiger partial charge in [0.15, 0.2) is 0 Å². The zero-order valence-corrected chi connectivity index (χ0v) is 8.52. The predicted octanol–water partition coefficient (Wildman–Crippen LogP) is 1.97. The highest BCUT2D eigenvalue weighted by Gasteiger charge is 2.67. The molecule has 2 bridgehead atoms. The van der Waals surface area contributed by atoms with Gasteiger partial charge in [0.05, 0.1) is 0 Å². The maximum Gasteiger partial charge on any atom is 0.205 e. The molecule has 0 aliphatic heterocycles. The minimum absolute atomic E-state index is 0.0138. The van der Waals surface area contributed by atoms with Crippen LogP contribution in [0.2, 0.25) is 0 Å². The van der Waals surface area contributed by atoms with Crippen molar-refractivity contribution in [2.75, 3.05) is 0 Å². The first kappa shape index (κ1) is 8.92. The van der Waals surface area contributed by atoms with Crippen molar-refractivity contribution in [2.24, 2.45) is 16.7 Å². The average Bonchev–Trinajstić information content (AvgIpc) is 2.41. The Bertz CT molecular complexity index is 290. The van der Waals surface area contributed by atoms with E-state index in [0.29, 0.717) is 0 Å². The fourth-order valence-corrected chi connectivity index (χ4v) is 3.46. The molecule has 2 atom stereocenters. The molecule has 0 aromatic carbocycles. The van der Waals surface area contributed by atoms with E-state index in [4.69, 9.17) is 0 Å². The fraction of sp³-hybridized carbons (Fsp3) is 0.818. The highest BCUT2D eigenvalue weighted by atomic mass is 16.2. The summed E-state index contributed by atoms with van der Waals surface area (Å²) >= 11 is 0. The number of rotatable bonds is 1. The molecule has 0 aromatic heterocycles. The Hall–Kier alpha value is -0.660. The van der Waals surface area contributed by atoms with Gasteiger partial charge < -0.3 is 0 Å². The Morgan fingerprint density at radius 1 is 1.38 bits per heavy atom. The Morgan fingerprint density at radius 2 is 2.00 bits per heavy atom. The standard InChI is InChI=1S/C11H16O2/c1-4-11-6-5-7(10(11,2)3)8(12)9(11)13/h7H,4-6H2,1-3H3. The summed E-state index contributed by atoms with van der Waals surface area (Å²) in [5.74, 6) is -0.172. The van der Waals surface area contributed by atoms with Crippen molar-refractivity contribution in [3.63, 3.8) is 0 Å². The lowest BCUT2D eigenvalue weighted by molar-refractivity contribution is -0.141. The molecule has 0 saturated heterocycles. The van der Waals surface area contributed by atoms with Gasteiger partial charge in [0.1, 0.15) is 0 Å². The van der Waals surface area contributed by atoms with Gasteiger partial charge in [-0.05, 0) is 24.7 Å². The summed E-state index contributed by atoms with van der Waals surface area (Å²) in [4.78, 5) is 23.4. The molecule has 0 spiro atoms. The number of fused-ring (bicyclic) bond motifs is 2. The van der Waals surface area contributed by atoms with Gasteiger partial charge in [-0.3, -0.25) is 9.59 Å². The molecule has 2 heteroatoms. The third-order valence-corrected chi connectivity index (χ3v) is 4.54. The first-order valence-corrected chi connectivity index (χ1v) is 5.06. The van der Waals surface area contributed by atoms with E-state index in [0.717, 1.165) is 19.3 Å². The number of ketones is 2. The maximum atomic E-state index is 11.8. The van der Waals surface area contributed by atoms with Gasteiger partial charge in [0.25, 0.3) is 0 Å². The van der Waals surface area contributed by atoms with Crippen LogP contribution in [0.3, 0.4) is 0 Å². The number of Topliss-reactive ketones (excluding diaryl/α,β-unsaturated/α-hetero) is 2. The van der Waals surface area contributed by atoms with Crippen LogP contribution in [0.15, 0.2) is 0 Å². The van der Waals surface area contributed by atoms with E-state index in [1.807, 2.05) is 6.92 Å². The quantitative estimate of drug-likeness (QED) is 0.578.